The Bertz CT molecular complexity index is 1290. The van der Waals surface area contributed by atoms with E-state index in [1.165, 1.54) is 18.6 Å². The molecular formula is C30H27F7O. The van der Waals surface area contributed by atoms with Crippen LogP contribution in [0, 0.1) is 35.0 Å². The predicted molar refractivity (Wildman–Crippen MR) is 132 cm³/mol. The van der Waals surface area contributed by atoms with Crippen molar-refractivity contribution in [1.29, 1.82) is 0 Å². The topological polar surface area (TPSA) is 9.23 Å². The van der Waals surface area contributed by atoms with Gasteiger partial charge in [-0.1, -0.05) is 31.9 Å². The lowest BCUT2D eigenvalue weighted by atomic mass is 9.77. The molecule has 0 atom stereocenters. The smallest absolute Gasteiger partial charge is 0.419 e. The molecule has 0 aliphatic heterocycles. The van der Waals surface area contributed by atoms with E-state index in [9.17, 15) is 30.7 Å². The van der Waals surface area contributed by atoms with Gasteiger partial charge in [0.15, 0.2) is 17.5 Å². The van der Waals surface area contributed by atoms with Crippen LogP contribution in [0.5, 0.6) is 5.75 Å². The zero-order valence-electron chi connectivity index (χ0n) is 20.7. The first kappa shape index (κ1) is 27.7. The Kier molecular flexibility index (Phi) is 8.48. The van der Waals surface area contributed by atoms with Crippen LogP contribution in [0.25, 0.3) is 17.2 Å². The van der Waals surface area contributed by atoms with Crippen molar-refractivity contribution in [1.82, 2.24) is 0 Å². The summed E-state index contributed by atoms with van der Waals surface area (Å²) in [5.74, 6) is -6.09. The maximum atomic E-state index is 14.7. The number of halogens is 7. The molecule has 0 unspecified atom stereocenters. The van der Waals surface area contributed by atoms with Gasteiger partial charge in [0.25, 0.3) is 0 Å². The fourth-order valence-electron chi connectivity index (χ4n) is 5.01. The van der Waals surface area contributed by atoms with Crippen molar-refractivity contribution >= 4 is 6.08 Å². The number of ether oxygens (including phenoxy) is 1. The van der Waals surface area contributed by atoms with Crippen LogP contribution in [-0.2, 0) is 0 Å². The Morgan fingerprint density at radius 1 is 0.816 bits per heavy atom. The monoisotopic (exact) mass is 536 g/mol. The first-order valence-electron chi connectivity index (χ1n) is 12.6. The first-order valence-corrected chi connectivity index (χ1v) is 12.6. The van der Waals surface area contributed by atoms with E-state index in [2.05, 4.69) is 11.7 Å². The third-order valence-corrected chi connectivity index (χ3v) is 6.99. The van der Waals surface area contributed by atoms with Gasteiger partial charge in [-0.25, -0.2) is 22.0 Å². The molecule has 0 spiro atoms. The molecule has 0 amide bonds. The second kappa shape index (κ2) is 11.6. The van der Waals surface area contributed by atoms with E-state index < -0.39 is 40.9 Å². The van der Waals surface area contributed by atoms with Crippen LogP contribution < -0.4 is 4.74 Å². The molecule has 0 bridgehead atoms. The molecule has 0 N–H and O–H groups in total. The molecule has 202 valence electrons. The van der Waals surface area contributed by atoms with E-state index in [1.54, 1.807) is 6.07 Å². The van der Waals surface area contributed by atoms with Gasteiger partial charge >= 0.3 is 6.11 Å². The SMILES string of the molecule is CCCC1CCC(c2ccc(C=CC(F)(F)Oc3ccc(-c4cc(F)c(F)c(F)c4)c(F)c3)c(F)c2)CC1. The summed E-state index contributed by atoms with van der Waals surface area (Å²) >= 11 is 0. The second-order valence-corrected chi connectivity index (χ2v) is 9.68. The third kappa shape index (κ3) is 6.58. The van der Waals surface area contributed by atoms with Gasteiger partial charge in [-0.05, 0) is 85.1 Å². The second-order valence-electron chi connectivity index (χ2n) is 9.68. The van der Waals surface area contributed by atoms with Gasteiger partial charge in [0.2, 0.25) is 0 Å². The molecule has 38 heavy (non-hydrogen) atoms. The highest BCUT2D eigenvalue weighted by atomic mass is 19.3. The molecule has 1 fully saturated rings. The van der Waals surface area contributed by atoms with Gasteiger partial charge in [0, 0.05) is 23.3 Å². The summed E-state index contributed by atoms with van der Waals surface area (Å²) in [6.45, 7) is 2.17. The molecule has 0 saturated heterocycles. The van der Waals surface area contributed by atoms with Crippen molar-refractivity contribution in [2.75, 3.05) is 0 Å². The largest absolute Gasteiger partial charge is 0.429 e. The van der Waals surface area contributed by atoms with E-state index in [1.807, 2.05) is 0 Å². The lowest BCUT2D eigenvalue weighted by Gasteiger charge is -2.28. The third-order valence-electron chi connectivity index (χ3n) is 6.99. The molecule has 8 heteroatoms. The van der Waals surface area contributed by atoms with Crippen molar-refractivity contribution in [3.05, 3.63) is 94.8 Å². The van der Waals surface area contributed by atoms with Crippen molar-refractivity contribution in [3.63, 3.8) is 0 Å². The summed E-state index contributed by atoms with van der Waals surface area (Å²) in [6, 6.07) is 8.33. The Labute approximate surface area is 217 Å². The molecule has 1 saturated carbocycles. The quantitative estimate of drug-likeness (QED) is 0.206. The standard InChI is InChI=1S/C30H27F7O/c1-2-3-18-4-6-19(7-5-18)21-9-8-20(25(31)14-21)12-13-30(36,37)38-23-10-11-24(26(32)17-23)22-15-27(33)29(35)28(34)16-22/h8-19H,2-7H2,1H3. The normalized spacial score (nSPS) is 18.2. The average molecular weight is 537 g/mol. The van der Waals surface area contributed by atoms with Gasteiger partial charge < -0.3 is 4.74 Å². The van der Waals surface area contributed by atoms with Gasteiger partial charge in [-0.15, -0.1) is 0 Å². The lowest BCUT2D eigenvalue weighted by Crippen LogP contribution is -2.21. The number of rotatable bonds is 8. The number of benzene rings is 3. The highest BCUT2D eigenvalue weighted by Crippen LogP contribution is 2.38. The molecule has 4 rings (SSSR count). The summed E-state index contributed by atoms with van der Waals surface area (Å²) in [6.07, 6.45) is 3.85. The fourth-order valence-corrected chi connectivity index (χ4v) is 5.01. The predicted octanol–water partition coefficient (Wildman–Crippen LogP) is 9.81. The van der Waals surface area contributed by atoms with Gasteiger partial charge in [0.1, 0.15) is 17.4 Å². The zero-order chi connectivity index (χ0) is 27.4. The molecule has 1 aliphatic carbocycles. The molecule has 0 heterocycles. The summed E-state index contributed by atoms with van der Waals surface area (Å²) < 4.78 is 103. The number of hydrogen-bond acceptors (Lipinski definition) is 1. The molecular weight excluding hydrogens is 509 g/mol. The van der Waals surface area contributed by atoms with Gasteiger partial charge in [-0.2, -0.15) is 8.78 Å². The Morgan fingerprint density at radius 3 is 2.11 bits per heavy atom. The Balaban J connectivity index is 1.43. The van der Waals surface area contributed by atoms with Crippen LogP contribution in [-0.4, -0.2) is 6.11 Å². The maximum Gasteiger partial charge on any atom is 0.419 e. The number of hydrogen-bond donors (Lipinski definition) is 0. The minimum Gasteiger partial charge on any atom is -0.429 e. The van der Waals surface area contributed by atoms with Crippen LogP contribution in [0.3, 0.4) is 0 Å². The molecule has 3 aromatic carbocycles. The molecule has 3 aromatic rings. The number of alkyl halides is 2. The lowest BCUT2D eigenvalue weighted by molar-refractivity contribution is -0.131. The van der Waals surface area contributed by atoms with E-state index in [0.29, 0.717) is 30.2 Å². The van der Waals surface area contributed by atoms with Gasteiger partial charge in [-0.3, -0.25) is 0 Å². The molecule has 0 aromatic heterocycles. The zero-order valence-corrected chi connectivity index (χ0v) is 20.7. The highest BCUT2D eigenvalue weighted by Gasteiger charge is 2.29. The van der Waals surface area contributed by atoms with Crippen molar-refractivity contribution in [2.45, 2.75) is 57.5 Å². The fraction of sp³-hybridized carbons (Fsp3) is 0.333. The summed E-state index contributed by atoms with van der Waals surface area (Å²) in [7, 11) is 0. The van der Waals surface area contributed by atoms with Crippen LogP contribution >= 0.6 is 0 Å². The van der Waals surface area contributed by atoms with Crippen LogP contribution in [0.15, 0.2) is 54.6 Å². The van der Waals surface area contributed by atoms with Gasteiger partial charge in [0.05, 0.1) is 0 Å². The summed E-state index contributed by atoms with van der Waals surface area (Å²) in [4.78, 5) is 0. The van der Waals surface area contributed by atoms with Crippen molar-refractivity contribution in [2.24, 2.45) is 5.92 Å². The summed E-state index contributed by atoms with van der Waals surface area (Å²) in [5, 5.41) is 0. The van der Waals surface area contributed by atoms with Crippen LogP contribution in [0.4, 0.5) is 30.7 Å². The minimum absolute atomic E-state index is 0.0430. The van der Waals surface area contributed by atoms with E-state index in [-0.39, 0.29) is 22.6 Å². The van der Waals surface area contributed by atoms with E-state index in [0.717, 1.165) is 55.9 Å². The first-order chi connectivity index (χ1) is 18.1. The van der Waals surface area contributed by atoms with E-state index >= 15 is 0 Å². The minimum atomic E-state index is -3.91. The Hall–Kier alpha value is -3.29. The van der Waals surface area contributed by atoms with Crippen LogP contribution in [0.1, 0.15) is 62.5 Å². The Morgan fingerprint density at radius 2 is 1.50 bits per heavy atom. The van der Waals surface area contributed by atoms with Crippen LogP contribution in [0.2, 0.25) is 0 Å². The maximum absolute atomic E-state index is 14.7. The molecule has 0 radical (unpaired) electrons. The van der Waals surface area contributed by atoms with Crippen molar-refractivity contribution in [3.8, 4) is 16.9 Å². The van der Waals surface area contributed by atoms with E-state index in [4.69, 9.17) is 0 Å². The van der Waals surface area contributed by atoms with Crippen molar-refractivity contribution < 1.29 is 35.5 Å². The average Bonchev–Trinajstić information content (AvgIpc) is 2.87. The highest BCUT2D eigenvalue weighted by molar-refractivity contribution is 5.65. The summed E-state index contributed by atoms with van der Waals surface area (Å²) in [5.41, 5.74) is 0.160. The molecule has 1 nitrogen and oxygen atoms in total. The molecule has 1 aliphatic rings.